The van der Waals surface area contributed by atoms with E-state index >= 15 is 0 Å². The van der Waals surface area contributed by atoms with E-state index in [2.05, 4.69) is 5.32 Å². The van der Waals surface area contributed by atoms with Gasteiger partial charge in [0.2, 0.25) is 0 Å². The van der Waals surface area contributed by atoms with E-state index in [9.17, 15) is 8.42 Å². The Balaban J connectivity index is 2.47. The van der Waals surface area contributed by atoms with E-state index in [-0.39, 0.29) is 4.90 Å². The molecule has 0 bridgehead atoms. The van der Waals surface area contributed by atoms with Crippen LogP contribution in [-0.2, 0) is 10.0 Å². The van der Waals surface area contributed by atoms with Gasteiger partial charge in [0.25, 0.3) is 10.0 Å². The Kier molecular flexibility index (Phi) is 3.76. The van der Waals surface area contributed by atoms with Crippen molar-refractivity contribution >= 4 is 21.4 Å². The van der Waals surface area contributed by atoms with Crippen LogP contribution in [0.4, 0.5) is 11.4 Å². The van der Waals surface area contributed by atoms with E-state index in [1.165, 1.54) is 4.31 Å². The van der Waals surface area contributed by atoms with E-state index in [0.717, 1.165) is 5.69 Å². The van der Waals surface area contributed by atoms with Crippen LogP contribution in [0.2, 0.25) is 0 Å². The minimum Gasteiger partial charge on any atom is -0.386 e. The second-order valence-corrected chi connectivity index (χ2v) is 6.02. The summed E-state index contributed by atoms with van der Waals surface area (Å²) in [5, 5.41) is 2.99. The zero-order valence-corrected chi connectivity index (χ0v) is 11.7. The quantitative estimate of drug-likeness (QED) is 0.933. The van der Waals surface area contributed by atoms with Gasteiger partial charge in [-0.2, -0.15) is 0 Å². The van der Waals surface area contributed by atoms with Gasteiger partial charge >= 0.3 is 0 Å². The van der Waals surface area contributed by atoms with Gasteiger partial charge in [-0.3, -0.25) is 4.31 Å². The monoisotopic (exact) mass is 276 g/mol. The lowest BCUT2D eigenvalue weighted by Crippen LogP contribution is -2.27. The lowest BCUT2D eigenvalue weighted by Gasteiger charge is -2.22. The minimum atomic E-state index is -3.53. The summed E-state index contributed by atoms with van der Waals surface area (Å²) in [4.78, 5) is 0.281. The maximum atomic E-state index is 12.5. The molecule has 0 aliphatic carbocycles. The third kappa shape index (κ3) is 2.56. The Morgan fingerprint density at radius 1 is 0.947 bits per heavy atom. The molecule has 0 fully saturated rings. The van der Waals surface area contributed by atoms with Crippen LogP contribution in [0.25, 0.3) is 0 Å². The zero-order valence-electron chi connectivity index (χ0n) is 10.9. The summed E-state index contributed by atoms with van der Waals surface area (Å²) in [6.45, 7) is 0. The van der Waals surface area contributed by atoms with Crippen LogP contribution < -0.4 is 9.62 Å². The molecule has 100 valence electrons. The topological polar surface area (TPSA) is 49.4 Å². The highest BCUT2D eigenvalue weighted by atomic mass is 32.2. The van der Waals surface area contributed by atoms with Crippen molar-refractivity contribution in [2.45, 2.75) is 4.90 Å². The molecule has 0 aromatic heterocycles. The summed E-state index contributed by atoms with van der Waals surface area (Å²) in [6, 6.07) is 15.7. The molecule has 5 heteroatoms. The van der Waals surface area contributed by atoms with Crippen LogP contribution in [0, 0.1) is 0 Å². The Labute approximate surface area is 113 Å². The molecule has 1 N–H and O–H groups in total. The highest BCUT2D eigenvalue weighted by Gasteiger charge is 2.22. The molecule has 0 atom stereocenters. The predicted octanol–water partition coefficient (Wildman–Crippen LogP) is 2.55. The summed E-state index contributed by atoms with van der Waals surface area (Å²) in [7, 11) is -0.212. The summed E-state index contributed by atoms with van der Waals surface area (Å²) < 4.78 is 26.3. The number of hydrogen-bond acceptors (Lipinski definition) is 3. The second-order valence-electron chi connectivity index (χ2n) is 4.05. The van der Waals surface area contributed by atoms with Crippen molar-refractivity contribution in [3.05, 3.63) is 54.6 Å². The van der Waals surface area contributed by atoms with Gasteiger partial charge in [0, 0.05) is 14.1 Å². The summed E-state index contributed by atoms with van der Waals surface area (Å²) in [5.74, 6) is 0. The van der Waals surface area contributed by atoms with Gasteiger partial charge in [-0.15, -0.1) is 0 Å². The van der Waals surface area contributed by atoms with Crippen LogP contribution in [-0.4, -0.2) is 22.5 Å². The molecule has 0 saturated carbocycles. The Bertz CT molecular complexity index is 654. The largest absolute Gasteiger partial charge is 0.386 e. The molecule has 0 aliphatic rings. The highest BCUT2D eigenvalue weighted by Crippen LogP contribution is 2.28. The Morgan fingerprint density at radius 2 is 1.53 bits per heavy atom. The van der Waals surface area contributed by atoms with Gasteiger partial charge in [-0.05, 0) is 24.3 Å². The molecule has 2 aromatic carbocycles. The van der Waals surface area contributed by atoms with Gasteiger partial charge in [0.05, 0.1) is 16.3 Å². The highest BCUT2D eigenvalue weighted by molar-refractivity contribution is 7.92. The van der Waals surface area contributed by atoms with Gasteiger partial charge < -0.3 is 5.32 Å². The molecule has 19 heavy (non-hydrogen) atoms. The van der Waals surface area contributed by atoms with Gasteiger partial charge in [0.1, 0.15) is 0 Å². The molecule has 4 nitrogen and oxygen atoms in total. The average molecular weight is 276 g/mol. The first kappa shape index (κ1) is 13.4. The molecule has 0 spiro atoms. The fourth-order valence-corrected chi connectivity index (χ4v) is 3.08. The maximum absolute atomic E-state index is 12.5. The van der Waals surface area contributed by atoms with E-state index in [1.54, 1.807) is 50.5 Å². The van der Waals surface area contributed by atoms with Crippen LogP contribution in [0.15, 0.2) is 59.5 Å². The van der Waals surface area contributed by atoms with Gasteiger partial charge in [0.15, 0.2) is 0 Å². The lowest BCUT2D eigenvalue weighted by atomic mass is 10.2. The molecule has 0 saturated heterocycles. The first-order valence-electron chi connectivity index (χ1n) is 5.88. The SMILES string of the molecule is CNc1ccccc1N(C)S(=O)(=O)c1ccccc1. The van der Waals surface area contributed by atoms with Crippen molar-refractivity contribution < 1.29 is 8.42 Å². The molecule has 0 amide bonds. The van der Waals surface area contributed by atoms with Crippen LogP contribution in [0.5, 0.6) is 0 Å². The standard InChI is InChI=1S/C14H16N2O2S/c1-15-13-10-6-7-11-14(13)16(2)19(17,18)12-8-4-3-5-9-12/h3-11,15H,1-2H3. The molecular weight excluding hydrogens is 260 g/mol. The molecule has 0 radical (unpaired) electrons. The molecule has 2 rings (SSSR count). The molecule has 2 aromatic rings. The van der Waals surface area contributed by atoms with Crippen LogP contribution in [0.1, 0.15) is 0 Å². The van der Waals surface area contributed by atoms with Crippen molar-refractivity contribution in [1.29, 1.82) is 0 Å². The third-order valence-corrected chi connectivity index (χ3v) is 4.70. The number of nitrogens with one attached hydrogen (secondary N) is 1. The van der Waals surface area contributed by atoms with Gasteiger partial charge in [-0.25, -0.2) is 8.42 Å². The maximum Gasteiger partial charge on any atom is 0.264 e. The fraction of sp³-hybridized carbons (Fsp3) is 0.143. The first-order valence-corrected chi connectivity index (χ1v) is 7.32. The minimum absolute atomic E-state index is 0.281. The Hall–Kier alpha value is -2.01. The molecule has 0 aliphatic heterocycles. The summed E-state index contributed by atoms with van der Waals surface area (Å²) in [6.07, 6.45) is 0. The number of sulfonamides is 1. The van der Waals surface area contributed by atoms with E-state index < -0.39 is 10.0 Å². The number of para-hydroxylation sites is 2. The third-order valence-electron chi connectivity index (χ3n) is 2.91. The van der Waals surface area contributed by atoms with Crippen molar-refractivity contribution in [2.24, 2.45) is 0 Å². The van der Waals surface area contributed by atoms with Crippen molar-refractivity contribution in [1.82, 2.24) is 0 Å². The Morgan fingerprint density at radius 3 is 2.16 bits per heavy atom. The fourth-order valence-electron chi connectivity index (χ4n) is 1.84. The molecule has 0 unspecified atom stereocenters. The normalized spacial score (nSPS) is 11.1. The number of nitrogens with zero attached hydrogens (tertiary/aromatic N) is 1. The number of benzene rings is 2. The smallest absolute Gasteiger partial charge is 0.264 e. The lowest BCUT2D eigenvalue weighted by molar-refractivity contribution is 0.594. The molecular formula is C14H16N2O2S. The van der Waals surface area contributed by atoms with E-state index in [1.807, 2.05) is 18.2 Å². The van der Waals surface area contributed by atoms with Crippen molar-refractivity contribution in [3.8, 4) is 0 Å². The van der Waals surface area contributed by atoms with Crippen LogP contribution >= 0.6 is 0 Å². The molecule has 0 heterocycles. The number of anilines is 2. The van der Waals surface area contributed by atoms with E-state index in [4.69, 9.17) is 0 Å². The number of hydrogen-bond donors (Lipinski definition) is 1. The predicted molar refractivity (Wildman–Crippen MR) is 78.0 cm³/mol. The summed E-state index contributed by atoms with van der Waals surface area (Å²) >= 11 is 0. The van der Waals surface area contributed by atoms with Crippen molar-refractivity contribution in [3.63, 3.8) is 0 Å². The van der Waals surface area contributed by atoms with Crippen molar-refractivity contribution in [2.75, 3.05) is 23.7 Å². The average Bonchev–Trinajstić information content (AvgIpc) is 2.47. The van der Waals surface area contributed by atoms with E-state index in [0.29, 0.717) is 5.69 Å². The van der Waals surface area contributed by atoms with Crippen LogP contribution in [0.3, 0.4) is 0 Å². The van der Waals surface area contributed by atoms with Gasteiger partial charge in [-0.1, -0.05) is 30.3 Å². The first-order chi connectivity index (χ1) is 9.07. The number of rotatable bonds is 4. The summed E-state index contributed by atoms with van der Waals surface area (Å²) in [5.41, 5.74) is 1.39. The second kappa shape index (κ2) is 5.32. The zero-order chi connectivity index (χ0) is 13.9.